The van der Waals surface area contributed by atoms with Gasteiger partial charge in [0.2, 0.25) is 0 Å². The van der Waals surface area contributed by atoms with Crippen LogP contribution in [-0.4, -0.2) is 52.2 Å². The minimum atomic E-state index is -0.923. The summed E-state index contributed by atoms with van der Waals surface area (Å²) in [4.78, 5) is 23.2. The molecular weight excluding hydrogens is 332 g/mol. The largest absolute Gasteiger partial charge is 0.465 e. The highest BCUT2D eigenvalue weighted by molar-refractivity contribution is 6.31. The van der Waals surface area contributed by atoms with E-state index in [1.54, 1.807) is 13.1 Å². The Morgan fingerprint density at radius 2 is 2.29 bits per heavy atom. The van der Waals surface area contributed by atoms with Crippen LogP contribution in [0.5, 0.6) is 0 Å². The highest BCUT2D eigenvalue weighted by Crippen LogP contribution is 2.34. The average molecular weight is 347 g/mol. The molecule has 0 radical (unpaired) electrons. The fourth-order valence-corrected chi connectivity index (χ4v) is 3.34. The van der Waals surface area contributed by atoms with Crippen LogP contribution in [0.15, 0.2) is 28.9 Å². The lowest BCUT2D eigenvalue weighted by Crippen LogP contribution is -2.38. The Morgan fingerprint density at radius 3 is 3.08 bits per heavy atom. The van der Waals surface area contributed by atoms with Crippen molar-refractivity contribution in [2.24, 2.45) is 0 Å². The lowest BCUT2D eigenvalue weighted by molar-refractivity contribution is 0.142. The average Bonchev–Trinajstić information content (AvgIpc) is 3.18. The zero-order valence-electron chi connectivity index (χ0n) is 12.9. The number of benzene rings is 1. The molecule has 0 unspecified atom stereocenters. The van der Waals surface area contributed by atoms with Gasteiger partial charge < -0.3 is 19.3 Å². The summed E-state index contributed by atoms with van der Waals surface area (Å²) in [6.45, 7) is 1.29. The molecule has 0 aliphatic carbocycles. The van der Waals surface area contributed by atoms with E-state index < -0.39 is 6.09 Å². The van der Waals surface area contributed by atoms with Crippen molar-refractivity contribution in [1.29, 1.82) is 0 Å². The summed E-state index contributed by atoms with van der Waals surface area (Å²) in [5.74, 6) is 0.689. The van der Waals surface area contributed by atoms with Crippen molar-refractivity contribution in [3.8, 4) is 0 Å². The fraction of sp³-hybridized carbons (Fsp3) is 0.312. The molecule has 7 nitrogen and oxygen atoms in total. The van der Waals surface area contributed by atoms with Crippen molar-refractivity contribution in [3.05, 3.63) is 29.5 Å². The van der Waals surface area contributed by atoms with Crippen LogP contribution in [0.2, 0.25) is 5.02 Å². The maximum atomic E-state index is 11.1. The molecule has 1 atom stereocenters. The molecular formula is C16H15ClN4O3. The monoisotopic (exact) mass is 346 g/mol. The summed E-state index contributed by atoms with van der Waals surface area (Å²) in [5.41, 5.74) is 2.02. The van der Waals surface area contributed by atoms with E-state index in [1.165, 1.54) is 11.2 Å². The standard InChI is InChI=1S/C16H15ClN4O3/c1-20(16(22)23)10-4-5-21(7-10)15-14-13(18-8-19-15)11-6-9(17)2-3-12(11)24-14/h2-3,6,8,10H,4-5,7H2,1H3,(H,22,23)/t10-/m1/s1. The lowest BCUT2D eigenvalue weighted by atomic mass is 10.2. The SMILES string of the molecule is CN(C(=O)O)[C@@H]1CCN(c2ncnc3c2oc2ccc(Cl)cc23)C1. The van der Waals surface area contributed by atoms with E-state index in [0.29, 0.717) is 40.6 Å². The maximum absolute atomic E-state index is 11.1. The second-order valence-corrected chi connectivity index (χ2v) is 6.34. The van der Waals surface area contributed by atoms with E-state index in [2.05, 4.69) is 9.97 Å². The maximum Gasteiger partial charge on any atom is 0.407 e. The van der Waals surface area contributed by atoms with E-state index in [4.69, 9.17) is 21.1 Å². The van der Waals surface area contributed by atoms with Crippen LogP contribution in [0, 0.1) is 0 Å². The van der Waals surface area contributed by atoms with Crippen LogP contribution in [0.3, 0.4) is 0 Å². The molecule has 1 N–H and O–H groups in total. The third kappa shape index (κ3) is 2.32. The molecule has 0 spiro atoms. The summed E-state index contributed by atoms with van der Waals surface area (Å²) in [6.07, 6.45) is 1.33. The van der Waals surface area contributed by atoms with Crippen molar-refractivity contribution in [2.75, 3.05) is 25.0 Å². The Morgan fingerprint density at radius 1 is 1.46 bits per heavy atom. The van der Waals surface area contributed by atoms with Gasteiger partial charge >= 0.3 is 6.09 Å². The number of nitrogens with zero attached hydrogens (tertiary/aromatic N) is 4. The molecule has 8 heteroatoms. The first-order valence-electron chi connectivity index (χ1n) is 7.58. The minimum absolute atomic E-state index is 0.0636. The summed E-state index contributed by atoms with van der Waals surface area (Å²) < 4.78 is 5.94. The normalized spacial score (nSPS) is 17.8. The van der Waals surface area contributed by atoms with Crippen LogP contribution in [-0.2, 0) is 0 Å². The summed E-state index contributed by atoms with van der Waals surface area (Å²) in [5, 5.41) is 10.6. The number of fused-ring (bicyclic) bond motifs is 3. The zero-order chi connectivity index (χ0) is 16.8. The number of anilines is 1. The van der Waals surface area contributed by atoms with E-state index in [-0.39, 0.29) is 6.04 Å². The Labute approximate surface area is 142 Å². The Balaban J connectivity index is 1.75. The highest BCUT2D eigenvalue weighted by atomic mass is 35.5. The summed E-state index contributed by atoms with van der Waals surface area (Å²) in [7, 11) is 1.59. The Bertz CT molecular complexity index is 942. The molecule has 0 bridgehead atoms. The predicted octanol–water partition coefficient (Wildman–Crippen LogP) is 3.22. The molecule has 1 aromatic carbocycles. The molecule has 0 saturated carbocycles. The molecule has 3 aromatic rings. The predicted molar refractivity (Wildman–Crippen MR) is 90.7 cm³/mol. The number of hydrogen-bond acceptors (Lipinski definition) is 5. The topological polar surface area (TPSA) is 82.7 Å². The first-order valence-corrected chi connectivity index (χ1v) is 7.96. The number of carbonyl (C=O) groups is 1. The number of amides is 1. The van der Waals surface area contributed by atoms with Crippen molar-refractivity contribution in [1.82, 2.24) is 14.9 Å². The third-order valence-corrected chi connectivity index (χ3v) is 4.74. The Kier molecular flexibility index (Phi) is 3.45. The Hall–Kier alpha value is -2.54. The number of furan rings is 1. The number of likely N-dealkylation sites (N-methyl/N-ethyl adjacent to an activating group) is 1. The van der Waals surface area contributed by atoms with Gasteiger partial charge in [0.05, 0.1) is 6.04 Å². The smallest absolute Gasteiger partial charge is 0.407 e. The van der Waals surface area contributed by atoms with Crippen LogP contribution >= 0.6 is 11.6 Å². The van der Waals surface area contributed by atoms with Crippen molar-refractivity contribution >= 4 is 45.6 Å². The summed E-state index contributed by atoms with van der Waals surface area (Å²) in [6, 6.07) is 5.34. The van der Waals surface area contributed by atoms with E-state index >= 15 is 0 Å². The summed E-state index contributed by atoms with van der Waals surface area (Å²) >= 11 is 6.07. The van der Waals surface area contributed by atoms with Crippen LogP contribution in [0.1, 0.15) is 6.42 Å². The number of rotatable bonds is 2. The number of halogens is 1. The molecule has 124 valence electrons. The second-order valence-electron chi connectivity index (χ2n) is 5.90. The molecule has 1 saturated heterocycles. The van der Waals surface area contributed by atoms with Gasteiger partial charge in [-0.15, -0.1) is 0 Å². The quantitative estimate of drug-likeness (QED) is 0.767. The molecule has 2 aromatic heterocycles. The number of carboxylic acid groups (broad SMARTS) is 1. The molecule has 3 heterocycles. The van der Waals surface area contributed by atoms with E-state index in [1.807, 2.05) is 17.0 Å². The van der Waals surface area contributed by atoms with Gasteiger partial charge in [-0.05, 0) is 24.6 Å². The third-order valence-electron chi connectivity index (χ3n) is 4.51. The lowest BCUT2D eigenvalue weighted by Gasteiger charge is -2.22. The van der Waals surface area contributed by atoms with Crippen molar-refractivity contribution in [2.45, 2.75) is 12.5 Å². The zero-order valence-corrected chi connectivity index (χ0v) is 13.7. The first kappa shape index (κ1) is 15.0. The molecule has 24 heavy (non-hydrogen) atoms. The molecule has 1 amide bonds. The first-order chi connectivity index (χ1) is 11.5. The van der Waals surface area contributed by atoms with Gasteiger partial charge in [0, 0.05) is 30.5 Å². The molecule has 1 fully saturated rings. The van der Waals surface area contributed by atoms with Crippen LogP contribution < -0.4 is 4.90 Å². The van der Waals surface area contributed by atoms with E-state index in [0.717, 1.165) is 11.8 Å². The van der Waals surface area contributed by atoms with Crippen LogP contribution in [0.4, 0.5) is 10.6 Å². The van der Waals surface area contributed by atoms with Gasteiger partial charge in [-0.25, -0.2) is 14.8 Å². The van der Waals surface area contributed by atoms with Gasteiger partial charge in [0.1, 0.15) is 17.4 Å². The highest BCUT2D eigenvalue weighted by Gasteiger charge is 2.30. The van der Waals surface area contributed by atoms with Gasteiger partial charge in [0.15, 0.2) is 11.4 Å². The van der Waals surface area contributed by atoms with Crippen molar-refractivity contribution < 1.29 is 14.3 Å². The molecule has 4 rings (SSSR count). The fourth-order valence-electron chi connectivity index (χ4n) is 3.17. The van der Waals surface area contributed by atoms with Gasteiger partial charge in [0.25, 0.3) is 0 Å². The molecule has 1 aliphatic rings. The van der Waals surface area contributed by atoms with Crippen LogP contribution in [0.25, 0.3) is 22.1 Å². The second kappa shape index (κ2) is 5.52. The van der Waals surface area contributed by atoms with E-state index in [9.17, 15) is 4.79 Å². The van der Waals surface area contributed by atoms with Crippen molar-refractivity contribution in [3.63, 3.8) is 0 Å². The van der Waals surface area contributed by atoms with Gasteiger partial charge in [-0.2, -0.15) is 0 Å². The van der Waals surface area contributed by atoms with Gasteiger partial charge in [-0.3, -0.25) is 0 Å². The van der Waals surface area contributed by atoms with Gasteiger partial charge in [-0.1, -0.05) is 11.6 Å². The number of hydrogen-bond donors (Lipinski definition) is 1. The number of aromatic nitrogens is 2. The minimum Gasteiger partial charge on any atom is -0.465 e. The molecule has 1 aliphatic heterocycles.